The molecule has 1 heterocycles. The lowest BCUT2D eigenvalue weighted by atomic mass is 10.1. The quantitative estimate of drug-likeness (QED) is 0.849. The third-order valence-electron chi connectivity index (χ3n) is 3.61. The number of benzene rings is 1. The normalized spacial score (nSPS) is 10.4. The molecular formula is C16H20N2O4. The molecule has 0 radical (unpaired) electrons. The smallest absolute Gasteiger partial charge is 0.231 e. The summed E-state index contributed by atoms with van der Waals surface area (Å²) in [6, 6.07) is 5.33. The average molecular weight is 304 g/mol. The number of aryl methyl sites for hydroxylation is 2. The van der Waals surface area contributed by atoms with E-state index in [2.05, 4.69) is 5.16 Å². The Labute approximate surface area is 129 Å². The van der Waals surface area contributed by atoms with E-state index in [1.54, 1.807) is 51.3 Å². The summed E-state index contributed by atoms with van der Waals surface area (Å²) in [5.74, 6) is 1.87. The molecule has 0 aliphatic rings. The minimum Gasteiger partial charge on any atom is -0.497 e. The number of carbonyl (C=O) groups excluding carboxylic acids is 1. The molecule has 0 bridgehead atoms. The minimum absolute atomic E-state index is 0.0651. The second-order valence-electron chi connectivity index (χ2n) is 5.00. The molecule has 0 N–H and O–H groups in total. The summed E-state index contributed by atoms with van der Waals surface area (Å²) in [4.78, 5) is 14.1. The lowest BCUT2D eigenvalue weighted by molar-refractivity contribution is -0.117. The van der Waals surface area contributed by atoms with Gasteiger partial charge in [-0.15, -0.1) is 0 Å². The average Bonchev–Trinajstić information content (AvgIpc) is 2.85. The minimum atomic E-state index is -0.0651. The van der Waals surface area contributed by atoms with Crippen molar-refractivity contribution in [1.82, 2.24) is 5.16 Å². The summed E-state index contributed by atoms with van der Waals surface area (Å²) in [5, 5.41) is 3.87. The van der Waals surface area contributed by atoms with Crippen LogP contribution in [0.4, 0.5) is 5.69 Å². The summed E-state index contributed by atoms with van der Waals surface area (Å²) in [6.45, 7) is 3.63. The van der Waals surface area contributed by atoms with Gasteiger partial charge in [0.1, 0.15) is 17.3 Å². The molecule has 0 unspecified atom stereocenters. The number of likely N-dealkylation sites (N-methyl/N-ethyl adjacent to an activating group) is 1. The molecule has 0 spiro atoms. The SMILES string of the molecule is COc1cc(OC)cc(N(C)C(=O)Cc2c(C)noc2C)c1. The standard InChI is InChI=1S/C16H20N2O4/c1-10-15(11(2)22-17-10)9-16(19)18(3)12-6-13(20-4)8-14(7-12)21-5/h6-8H,9H2,1-5H3. The van der Waals surface area contributed by atoms with Gasteiger partial charge in [0.25, 0.3) is 0 Å². The van der Waals surface area contributed by atoms with Crippen molar-refractivity contribution in [2.45, 2.75) is 20.3 Å². The van der Waals surface area contributed by atoms with Crippen LogP contribution in [0.1, 0.15) is 17.0 Å². The van der Waals surface area contributed by atoms with Crippen molar-refractivity contribution in [3.8, 4) is 11.5 Å². The third-order valence-corrected chi connectivity index (χ3v) is 3.61. The van der Waals surface area contributed by atoms with Crippen LogP contribution < -0.4 is 14.4 Å². The number of aromatic nitrogens is 1. The van der Waals surface area contributed by atoms with E-state index in [9.17, 15) is 4.79 Å². The number of anilines is 1. The molecule has 1 amide bonds. The van der Waals surface area contributed by atoms with E-state index in [1.165, 1.54) is 0 Å². The van der Waals surface area contributed by atoms with Gasteiger partial charge >= 0.3 is 0 Å². The predicted molar refractivity (Wildman–Crippen MR) is 82.6 cm³/mol. The zero-order valence-electron chi connectivity index (χ0n) is 13.5. The van der Waals surface area contributed by atoms with Gasteiger partial charge in [-0.1, -0.05) is 5.16 Å². The Morgan fingerprint density at radius 1 is 1.18 bits per heavy atom. The number of hydrogen-bond donors (Lipinski definition) is 0. The number of nitrogens with zero attached hydrogens (tertiary/aromatic N) is 2. The van der Waals surface area contributed by atoms with E-state index in [4.69, 9.17) is 14.0 Å². The van der Waals surface area contributed by atoms with Gasteiger partial charge in [-0.2, -0.15) is 0 Å². The molecule has 118 valence electrons. The first kappa shape index (κ1) is 15.9. The van der Waals surface area contributed by atoms with Crippen LogP contribution in [-0.2, 0) is 11.2 Å². The van der Waals surface area contributed by atoms with Crippen molar-refractivity contribution in [2.75, 3.05) is 26.2 Å². The molecule has 1 aromatic carbocycles. The fraction of sp³-hybridized carbons (Fsp3) is 0.375. The van der Waals surface area contributed by atoms with E-state index >= 15 is 0 Å². The van der Waals surface area contributed by atoms with Crippen molar-refractivity contribution in [2.24, 2.45) is 0 Å². The second-order valence-corrected chi connectivity index (χ2v) is 5.00. The lowest BCUT2D eigenvalue weighted by Crippen LogP contribution is -2.28. The number of carbonyl (C=O) groups is 1. The van der Waals surface area contributed by atoms with Gasteiger partial charge in [0.2, 0.25) is 5.91 Å². The lowest BCUT2D eigenvalue weighted by Gasteiger charge is -2.19. The van der Waals surface area contributed by atoms with E-state index in [1.807, 2.05) is 6.92 Å². The monoisotopic (exact) mass is 304 g/mol. The molecule has 0 atom stereocenters. The van der Waals surface area contributed by atoms with Gasteiger partial charge in [-0.25, -0.2) is 0 Å². The highest BCUT2D eigenvalue weighted by Crippen LogP contribution is 2.28. The third kappa shape index (κ3) is 3.21. The van der Waals surface area contributed by atoms with E-state index < -0.39 is 0 Å². The summed E-state index contributed by atoms with van der Waals surface area (Å²) >= 11 is 0. The first-order chi connectivity index (χ1) is 10.5. The Bertz CT molecular complexity index is 637. The maximum atomic E-state index is 12.5. The van der Waals surface area contributed by atoms with Crippen molar-refractivity contribution >= 4 is 11.6 Å². The summed E-state index contributed by atoms with van der Waals surface area (Å²) < 4.78 is 15.6. The van der Waals surface area contributed by atoms with Crippen molar-refractivity contribution < 1.29 is 18.8 Å². The van der Waals surface area contributed by atoms with Crippen molar-refractivity contribution in [3.05, 3.63) is 35.2 Å². The van der Waals surface area contributed by atoms with Crippen molar-refractivity contribution in [1.29, 1.82) is 0 Å². The number of methoxy groups -OCH3 is 2. The van der Waals surface area contributed by atoms with Crippen LogP contribution in [0.25, 0.3) is 0 Å². The van der Waals surface area contributed by atoms with Crippen LogP contribution >= 0.6 is 0 Å². The van der Waals surface area contributed by atoms with Gasteiger partial charge in [-0.3, -0.25) is 4.79 Å². The first-order valence-corrected chi connectivity index (χ1v) is 6.87. The molecular weight excluding hydrogens is 284 g/mol. The number of rotatable bonds is 5. The molecule has 22 heavy (non-hydrogen) atoms. The molecule has 2 rings (SSSR count). The number of hydrogen-bond acceptors (Lipinski definition) is 5. The van der Waals surface area contributed by atoms with Crippen LogP contribution in [0.5, 0.6) is 11.5 Å². The largest absolute Gasteiger partial charge is 0.497 e. The molecule has 6 nitrogen and oxygen atoms in total. The molecule has 0 aliphatic carbocycles. The summed E-state index contributed by atoms with van der Waals surface area (Å²) in [6.07, 6.45) is 0.233. The highest BCUT2D eigenvalue weighted by Gasteiger charge is 2.18. The van der Waals surface area contributed by atoms with Crippen LogP contribution in [0, 0.1) is 13.8 Å². The van der Waals surface area contributed by atoms with Gasteiger partial charge < -0.3 is 18.9 Å². The molecule has 0 aliphatic heterocycles. The Kier molecular flexibility index (Phi) is 4.70. The van der Waals surface area contributed by atoms with Crippen molar-refractivity contribution in [3.63, 3.8) is 0 Å². The summed E-state index contributed by atoms with van der Waals surface area (Å²) in [5.41, 5.74) is 2.27. The van der Waals surface area contributed by atoms with Crippen LogP contribution in [0.15, 0.2) is 22.7 Å². The Morgan fingerprint density at radius 3 is 2.23 bits per heavy atom. The molecule has 0 fully saturated rings. The van der Waals surface area contributed by atoms with Gasteiger partial charge in [0.05, 0.1) is 32.0 Å². The van der Waals surface area contributed by atoms with Crippen LogP contribution in [0.3, 0.4) is 0 Å². The fourth-order valence-electron chi connectivity index (χ4n) is 2.15. The Balaban J connectivity index is 2.23. The molecule has 0 saturated carbocycles. The predicted octanol–water partition coefficient (Wildman–Crippen LogP) is 2.51. The summed E-state index contributed by atoms with van der Waals surface area (Å²) in [7, 11) is 4.86. The van der Waals surface area contributed by atoms with E-state index in [0.717, 1.165) is 11.3 Å². The molecule has 2 aromatic rings. The first-order valence-electron chi connectivity index (χ1n) is 6.87. The van der Waals surface area contributed by atoms with Gasteiger partial charge in [0.15, 0.2) is 0 Å². The molecule has 6 heteroatoms. The zero-order valence-corrected chi connectivity index (χ0v) is 13.5. The van der Waals surface area contributed by atoms with Gasteiger partial charge in [0, 0.05) is 30.8 Å². The maximum Gasteiger partial charge on any atom is 0.231 e. The molecule has 0 saturated heterocycles. The Morgan fingerprint density at radius 2 is 1.77 bits per heavy atom. The van der Waals surface area contributed by atoms with E-state index in [0.29, 0.717) is 22.9 Å². The highest BCUT2D eigenvalue weighted by molar-refractivity contribution is 5.94. The molecule has 1 aromatic heterocycles. The van der Waals surface area contributed by atoms with Gasteiger partial charge in [-0.05, 0) is 13.8 Å². The number of ether oxygens (including phenoxy) is 2. The Hall–Kier alpha value is -2.50. The number of amides is 1. The van der Waals surface area contributed by atoms with E-state index in [-0.39, 0.29) is 12.3 Å². The second kappa shape index (κ2) is 6.51. The fourth-order valence-corrected chi connectivity index (χ4v) is 2.15. The van der Waals surface area contributed by atoms with Crippen LogP contribution in [-0.4, -0.2) is 32.3 Å². The van der Waals surface area contributed by atoms with Crippen LogP contribution in [0.2, 0.25) is 0 Å². The topological polar surface area (TPSA) is 64.8 Å². The highest BCUT2D eigenvalue weighted by atomic mass is 16.5. The zero-order chi connectivity index (χ0) is 16.3. The maximum absolute atomic E-state index is 12.5.